The predicted molar refractivity (Wildman–Crippen MR) is 89.9 cm³/mol. The average Bonchev–Trinajstić information content (AvgIpc) is 3.10. The van der Waals surface area contributed by atoms with Crippen LogP contribution in [-0.2, 0) is 9.53 Å². The fraction of sp³-hybridized carbons (Fsp3) is 0.333. The van der Waals surface area contributed by atoms with Crippen LogP contribution < -0.4 is 10.1 Å². The molecule has 4 rings (SSSR count). The normalized spacial score (nSPS) is 17.6. The molecule has 0 spiro atoms. The molecule has 2 aromatic rings. The number of amides is 1. The lowest BCUT2D eigenvalue weighted by atomic mass is 9.97. The van der Waals surface area contributed by atoms with E-state index in [1.165, 1.54) is 0 Å². The van der Waals surface area contributed by atoms with E-state index in [4.69, 9.17) is 9.47 Å². The highest BCUT2D eigenvalue weighted by Gasteiger charge is 2.20. The molecule has 0 aliphatic carbocycles. The second-order valence-corrected chi connectivity index (χ2v) is 6.05. The van der Waals surface area contributed by atoms with Gasteiger partial charge in [-0.25, -0.2) is 0 Å². The van der Waals surface area contributed by atoms with Crippen molar-refractivity contribution in [3.8, 4) is 5.75 Å². The van der Waals surface area contributed by atoms with E-state index in [0.717, 1.165) is 43.1 Å². The number of hydrogen-bond acceptors (Lipinski definition) is 4. The van der Waals surface area contributed by atoms with Crippen LogP contribution in [0.15, 0.2) is 35.9 Å². The summed E-state index contributed by atoms with van der Waals surface area (Å²) in [4.78, 5) is 12.4. The molecule has 1 saturated heterocycles. The van der Waals surface area contributed by atoms with Crippen molar-refractivity contribution < 1.29 is 14.3 Å². The fourth-order valence-corrected chi connectivity index (χ4v) is 3.06. The molecule has 0 bridgehead atoms. The lowest BCUT2D eigenvalue weighted by molar-refractivity contribution is -0.113. The summed E-state index contributed by atoms with van der Waals surface area (Å²) in [6, 6.07) is 9.58. The number of carbonyl (C=O) groups is 1. The second kappa shape index (κ2) is 6.49. The summed E-state index contributed by atoms with van der Waals surface area (Å²) < 4.78 is 11.0. The Morgan fingerprint density at radius 1 is 1.25 bits per heavy atom. The van der Waals surface area contributed by atoms with Gasteiger partial charge in [0.1, 0.15) is 12.4 Å². The fourth-order valence-electron chi connectivity index (χ4n) is 3.06. The van der Waals surface area contributed by atoms with Crippen molar-refractivity contribution in [1.29, 1.82) is 0 Å². The van der Waals surface area contributed by atoms with Gasteiger partial charge in [-0.15, -0.1) is 0 Å². The van der Waals surface area contributed by atoms with E-state index in [1.54, 1.807) is 0 Å². The first-order valence-corrected chi connectivity index (χ1v) is 8.16. The van der Waals surface area contributed by atoms with Gasteiger partial charge in [0, 0.05) is 36.5 Å². The largest absolute Gasteiger partial charge is 0.488 e. The predicted octanol–water partition coefficient (Wildman–Crippen LogP) is 2.72. The number of nitrogens with zero attached hydrogens (tertiary/aromatic N) is 1. The molecule has 6 heteroatoms. The Balaban J connectivity index is 1.45. The van der Waals surface area contributed by atoms with Crippen molar-refractivity contribution in [2.45, 2.75) is 18.8 Å². The minimum absolute atomic E-state index is 0.186. The molecule has 2 aliphatic heterocycles. The zero-order valence-electron chi connectivity index (χ0n) is 13.2. The SMILES string of the molecule is O=C(Nc1cc(C2CCOCC2)[nH]n1)C1=Cc2ccccc2OC1. The van der Waals surface area contributed by atoms with Gasteiger partial charge in [-0.1, -0.05) is 18.2 Å². The summed E-state index contributed by atoms with van der Waals surface area (Å²) in [5.74, 6) is 1.58. The first kappa shape index (κ1) is 15.0. The molecular weight excluding hydrogens is 306 g/mol. The van der Waals surface area contributed by atoms with Crippen molar-refractivity contribution in [3.05, 3.63) is 47.2 Å². The summed E-state index contributed by atoms with van der Waals surface area (Å²) in [6.07, 6.45) is 3.82. The van der Waals surface area contributed by atoms with Crippen molar-refractivity contribution in [2.75, 3.05) is 25.1 Å². The monoisotopic (exact) mass is 325 g/mol. The molecule has 1 aromatic carbocycles. The first-order chi connectivity index (χ1) is 11.8. The number of rotatable bonds is 3. The van der Waals surface area contributed by atoms with E-state index in [0.29, 0.717) is 17.3 Å². The van der Waals surface area contributed by atoms with E-state index >= 15 is 0 Å². The minimum Gasteiger partial charge on any atom is -0.488 e. The third-order valence-corrected chi connectivity index (χ3v) is 4.42. The Hall–Kier alpha value is -2.60. The zero-order valence-corrected chi connectivity index (χ0v) is 13.2. The number of ether oxygens (including phenoxy) is 2. The van der Waals surface area contributed by atoms with Gasteiger partial charge in [0.05, 0.1) is 5.57 Å². The van der Waals surface area contributed by atoms with Crippen LogP contribution in [0.5, 0.6) is 5.75 Å². The number of hydrogen-bond donors (Lipinski definition) is 2. The van der Waals surface area contributed by atoms with Crippen LogP contribution >= 0.6 is 0 Å². The number of nitrogens with one attached hydrogen (secondary N) is 2. The minimum atomic E-state index is -0.186. The Morgan fingerprint density at radius 3 is 2.96 bits per heavy atom. The summed E-state index contributed by atoms with van der Waals surface area (Å²) in [7, 11) is 0. The third kappa shape index (κ3) is 3.05. The Kier molecular flexibility index (Phi) is 4.04. The van der Waals surface area contributed by atoms with Crippen LogP contribution in [0.4, 0.5) is 5.82 Å². The van der Waals surface area contributed by atoms with Crippen molar-refractivity contribution in [2.24, 2.45) is 0 Å². The van der Waals surface area contributed by atoms with Crippen LogP contribution in [0.25, 0.3) is 6.08 Å². The number of para-hydroxylation sites is 1. The van der Waals surface area contributed by atoms with E-state index < -0.39 is 0 Å². The molecule has 1 amide bonds. The van der Waals surface area contributed by atoms with Gasteiger partial charge >= 0.3 is 0 Å². The molecule has 0 saturated carbocycles. The Bertz CT molecular complexity index is 775. The maximum atomic E-state index is 12.4. The quantitative estimate of drug-likeness (QED) is 0.910. The lowest BCUT2D eigenvalue weighted by Crippen LogP contribution is -2.21. The average molecular weight is 325 g/mol. The van der Waals surface area contributed by atoms with Gasteiger partial charge in [-0.3, -0.25) is 9.89 Å². The molecular formula is C18H19N3O3. The highest BCUT2D eigenvalue weighted by Crippen LogP contribution is 2.28. The molecule has 6 nitrogen and oxygen atoms in total. The Labute approximate surface area is 139 Å². The van der Waals surface area contributed by atoms with Crippen LogP contribution in [0.3, 0.4) is 0 Å². The second-order valence-electron chi connectivity index (χ2n) is 6.05. The van der Waals surface area contributed by atoms with Crippen molar-refractivity contribution in [3.63, 3.8) is 0 Å². The van der Waals surface area contributed by atoms with Crippen LogP contribution in [0.1, 0.15) is 30.0 Å². The molecule has 124 valence electrons. The smallest absolute Gasteiger partial charge is 0.256 e. The lowest BCUT2D eigenvalue weighted by Gasteiger charge is -2.20. The maximum absolute atomic E-state index is 12.4. The molecule has 0 atom stereocenters. The highest BCUT2D eigenvalue weighted by molar-refractivity contribution is 6.07. The van der Waals surface area contributed by atoms with E-state index in [2.05, 4.69) is 15.5 Å². The van der Waals surface area contributed by atoms with Crippen molar-refractivity contribution in [1.82, 2.24) is 10.2 Å². The summed E-state index contributed by atoms with van der Waals surface area (Å²) >= 11 is 0. The number of H-pyrrole nitrogens is 1. The number of benzene rings is 1. The van der Waals surface area contributed by atoms with Gasteiger partial charge in [-0.05, 0) is 25.0 Å². The zero-order chi connectivity index (χ0) is 16.4. The Morgan fingerprint density at radius 2 is 2.08 bits per heavy atom. The number of carbonyl (C=O) groups excluding carboxylic acids is 1. The summed E-state index contributed by atoms with van der Waals surface area (Å²) in [5, 5.41) is 10.1. The number of aromatic nitrogens is 2. The summed E-state index contributed by atoms with van der Waals surface area (Å²) in [6.45, 7) is 1.81. The number of anilines is 1. The van der Waals surface area contributed by atoms with Crippen LogP contribution in [-0.4, -0.2) is 35.9 Å². The molecule has 2 N–H and O–H groups in total. The third-order valence-electron chi connectivity index (χ3n) is 4.42. The van der Waals surface area contributed by atoms with Crippen LogP contribution in [0, 0.1) is 0 Å². The van der Waals surface area contributed by atoms with E-state index in [1.807, 2.05) is 36.4 Å². The van der Waals surface area contributed by atoms with E-state index in [9.17, 15) is 4.79 Å². The molecule has 1 aromatic heterocycles. The standard InChI is InChI=1S/C18H19N3O3/c22-18(14-9-13-3-1-2-4-16(13)24-11-14)19-17-10-15(20-21-17)12-5-7-23-8-6-12/h1-4,9-10,12H,5-8,11H2,(H2,19,20,21,22). The topological polar surface area (TPSA) is 76.2 Å². The van der Waals surface area contributed by atoms with Gasteiger partial charge in [0.25, 0.3) is 5.91 Å². The molecule has 0 radical (unpaired) electrons. The van der Waals surface area contributed by atoms with Crippen LogP contribution in [0.2, 0.25) is 0 Å². The van der Waals surface area contributed by atoms with Gasteiger partial charge in [0.2, 0.25) is 0 Å². The molecule has 1 fully saturated rings. The van der Waals surface area contributed by atoms with Gasteiger partial charge in [-0.2, -0.15) is 5.10 Å². The maximum Gasteiger partial charge on any atom is 0.256 e. The highest BCUT2D eigenvalue weighted by atomic mass is 16.5. The van der Waals surface area contributed by atoms with Gasteiger partial charge in [0.15, 0.2) is 5.82 Å². The van der Waals surface area contributed by atoms with E-state index in [-0.39, 0.29) is 12.5 Å². The first-order valence-electron chi connectivity index (χ1n) is 8.16. The molecule has 2 aliphatic rings. The molecule has 24 heavy (non-hydrogen) atoms. The molecule has 3 heterocycles. The molecule has 0 unspecified atom stereocenters. The number of aromatic amines is 1. The number of fused-ring (bicyclic) bond motifs is 1. The van der Waals surface area contributed by atoms with Gasteiger partial charge < -0.3 is 14.8 Å². The van der Waals surface area contributed by atoms with Crippen molar-refractivity contribution >= 4 is 17.8 Å². The summed E-state index contributed by atoms with van der Waals surface area (Å²) in [5.41, 5.74) is 2.55.